The fraction of sp³-hybridized carbons (Fsp3) is 0.280. The second kappa shape index (κ2) is 12.2. The zero-order valence-electron chi connectivity index (χ0n) is 19.8. The number of hydrogen-bond donors (Lipinski definition) is 1. The number of hydrogen-bond acceptors (Lipinski definition) is 8. The molecule has 1 amide bonds. The minimum atomic E-state index is -0.763. The smallest absolute Gasteiger partial charge is 0.362 e. The van der Waals surface area contributed by atoms with E-state index in [9.17, 15) is 14.4 Å². The van der Waals surface area contributed by atoms with Gasteiger partial charge in [0.2, 0.25) is 5.69 Å². The second-order valence-electron chi connectivity index (χ2n) is 7.24. The number of nitrogens with zero attached hydrogens (tertiary/aromatic N) is 2. The lowest BCUT2D eigenvalue weighted by Gasteiger charge is -2.13. The van der Waals surface area contributed by atoms with Crippen molar-refractivity contribution in [3.63, 3.8) is 0 Å². The van der Waals surface area contributed by atoms with Crippen molar-refractivity contribution in [3.05, 3.63) is 76.2 Å². The van der Waals surface area contributed by atoms with Crippen LogP contribution >= 0.6 is 0 Å². The summed E-state index contributed by atoms with van der Waals surface area (Å²) in [5, 5.41) is 6.86. The van der Waals surface area contributed by atoms with E-state index in [1.54, 1.807) is 57.5 Å². The van der Waals surface area contributed by atoms with Crippen molar-refractivity contribution in [3.8, 4) is 22.9 Å². The Hall–Kier alpha value is -4.34. The van der Waals surface area contributed by atoms with E-state index in [0.29, 0.717) is 30.2 Å². The third-order valence-corrected chi connectivity index (χ3v) is 4.91. The first-order chi connectivity index (χ1) is 17.0. The van der Waals surface area contributed by atoms with E-state index in [-0.39, 0.29) is 18.1 Å². The van der Waals surface area contributed by atoms with Crippen LogP contribution in [0, 0.1) is 0 Å². The summed E-state index contributed by atoms with van der Waals surface area (Å²) < 4.78 is 22.1. The molecule has 0 unspecified atom stereocenters. The van der Waals surface area contributed by atoms with Crippen LogP contribution in [0.2, 0.25) is 0 Å². The van der Waals surface area contributed by atoms with Gasteiger partial charge in [-0.05, 0) is 43.2 Å². The molecule has 0 fully saturated rings. The van der Waals surface area contributed by atoms with Gasteiger partial charge in [0, 0.05) is 6.54 Å². The van der Waals surface area contributed by atoms with E-state index >= 15 is 0 Å². The Balaban J connectivity index is 1.66. The van der Waals surface area contributed by atoms with Crippen molar-refractivity contribution in [1.29, 1.82) is 0 Å². The summed E-state index contributed by atoms with van der Waals surface area (Å²) in [7, 11) is 3.11. The van der Waals surface area contributed by atoms with Gasteiger partial charge in [-0.15, -0.1) is 0 Å². The summed E-state index contributed by atoms with van der Waals surface area (Å²) in [4.78, 5) is 37.3. The lowest BCUT2D eigenvalue weighted by molar-refractivity contribution is -0.123. The molecule has 0 spiro atoms. The van der Waals surface area contributed by atoms with Gasteiger partial charge in [-0.3, -0.25) is 9.59 Å². The Bertz CT molecular complexity index is 1230. The molecule has 0 aliphatic carbocycles. The Morgan fingerprint density at radius 2 is 1.71 bits per heavy atom. The number of amides is 1. The standard InChI is InChI=1S/C25H27N3O7/c1-4-34-25(31)24-21(15-23(30)28(27-24)18-8-6-5-7-9-18)35-16-22(29)26-13-12-17-10-11-19(32-2)20(14-17)33-3/h5-11,14-15H,4,12-13,16H2,1-3H3,(H,26,29). The average molecular weight is 482 g/mol. The van der Waals surface area contributed by atoms with Crippen LogP contribution in [0.15, 0.2) is 59.4 Å². The molecule has 0 aliphatic rings. The molecular formula is C25H27N3O7. The topological polar surface area (TPSA) is 118 Å². The number of para-hydroxylation sites is 1. The summed E-state index contributed by atoms with van der Waals surface area (Å²) in [6, 6.07) is 15.2. The molecule has 3 aromatic rings. The number of aromatic nitrogens is 2. The van der Waals surface area contributed by atoms with Gasteiger partial charge < -0.3 is 24.3 Å². The van der Waals surface area contributed by atoms with Crippen LogP contribution in [-0.2, 0) is 16.0 Å². The normalized spacial score (nSPS) is 10.4. The largest absolute Gasteiger partial charge is 0.493 e. The van der Waals surface area contributed by atoms with E-state index in [1.807, 2.05) is 12.1 Å². The van der Waals surface area contributed by atoms with Crippen LogP contribution in [0.3, 0.4) is 0 Å². The van der Waals surface area contributed by atoms with Gasteiger partial charge in [-0.25, -0.2) is 4.79 Å². The van der Waals surface area contributed by atoms with Crippen molar-refractivity contribution >= 4 is 11.9 Å². The predicted octanol–water partition coefficient (Wildman–Crippen LogP) is 2.16. The molecule has 10 heteroatoms. The highest BCUT2D eigenvalue weighted by Crippen LogP contribution is 2.27. The Labute approximate surface area is 202 Å². The number of esters is 1. The zero-order valence-corrected chi connectivity index (χ0v) is 19.8. The van der Waals surface area contributed by atoms with E-state index < -0.39 is 24.0 Å². The highest BCUT2D eigenvalue weighted by Gasteiger charge is 2.20. The van der Waals surface area contributed by atoms with Crippen LogP contribution in [0.5, 0.6) is 17.2 Å². The Morgan fingerprint density at radius 1 is 0.971 bits per heavy atom. The van der Waals surface area contributed by atoms with Crippen molar-refractivity contribution in [2.75, 3.05) is 34.0 Å². The van der Waals surface area contributed by atoms with Gasteiger partial charge in [-0.2, -0.15) is 9.78 Å². The maximum atomic E-state index is 12.6. The fourth-order valence-electron chi connectivity index (χ4n) is 3.22. The van der Waals surface area contributed by atoms with E-state index in [2.05, 4.69) is 10.4 Å². The fourth-order valence-corrected chi connectivity index (χ4v) is 3.22. The van der Waals surface area contributed by atoms with Crippen molar-refractivity contribution in [2.45, 2.75) is 13.3 Å². The van der Waals surface area contributed by atoms with Crippen LogP contribution in [0.4, 0.5) is 0 Å². The number of benzene rings is 2. The van der Waals surface area contributed by atoms with E-state index in [4.69, 9.17) is 18.9 Å². The lowest BCUT2D eigenvalue weighted by Crippen LogP contribution is -2.32. The van der Waals surface area contributed by atoms with Gasteiger partial charge in [-0.1, -0.05) is 24.3 Å². The minimum absolute atomic E-state index is 0.112. The lowest BCUT2D eigenvalue weighted by atomic mass is 10.1. The van der Waals surface area contributed by atoms with Crippen LogP contribution in [0.25, 0.3) is 5.69 Å². The first-order valence-electron chi connectivity index (χ1n) is 10.9. The van der Waals surface area contributed by atoms with Gasteiger partial charge in [0.1, 0.15) is 0 Å². The molecule has 184 valence electrons. The SMILES string of the molecule is CCOC(=O)c1nn(-c2ccccc2)c(=O)cc1OCC(=O)NCCc1ccc(OC)c(OC)c1. The van der Waals surface area contributed by atoms with E-state index in [0.717, 1.165) is 16.3 Å². The molecule has 1 heterocycles. The molecule has 0 saturated carbocycles. The Morgan fingerprint density at radius 3 is 2.40 bits per heavy atom. The zero-order chi connectivity index (χ0) is 25.2. The maximum absolute atomic E-state index is 12.6. The van der Waals surface area contributed by atoms with Gasteiger partial charge in [0.15, 0.2) is 23.9 Å². The van der Waals surface area contributed by atoms with Crippen LogP contribution < -0.4 is 25.1 Å². The molecule has 1 N–H and O–H groups in total. The van der Waals surface area contributed by atoms with Crippen molar-refractivity contribution < 1.29 is 28.5 Å². The van der Waals surface area contributed by atoms with Crippen molar-refractivity contribution in [2.24, 2.45) is 0 Å². The maximum Gasteiger partial charge on any atom is 0.362 e. The molecule has 1 aromatic heterocycles. The molecule has 0 radical (unpaired) electrons. The molecule has 0 aliphatic heterocycles. The van der Waals surface area contributed by atoms with Gasteiger partial charge >= 0.3 is 5.97 Å². The second-order valence-corrected chi connectivity index (χ2v) is 7.24. The third-order valence-electron chi connectivity index (χ3n) is 4.91. The van der Waals surface area contributed by atoms with E-state index in [1.165, 1.54) is 0 Å². The Kier molecular flexibility index (Phi) is 8.82. The molecular weight excluding hydrogens is 454 g/mol. The van der Waals surface area contributed by atoms with Crippen LogP contribution in [-0.4, -0.2) is 55.6 Å². The van der Waals surface area contributed by atoms with Crippen LogP contribution in [0.1, 0.15) is 23.0 Å². The molecule has 10 nitrogen and oxygen atoms in total. The number of ether oxygens (including phenoxy) is 4. The minimum Gasteiger partial charge on any atom is -0.493 e. The molecule has 35 heavy (non-hydrogen) atoms. The molecule has 3 rings (SSSR count). The first-order valence-corrected chi connectivity index (χ1v) is 10.9. The highest BCUT2D eigenvalue weighted by atomic mass is 16.5. The van der Waals surface area contributed by atoms with Crippen molar-refractivity contribution in [1.82, 2.24) is 15.1 Å². The summed E-state index contributed by atoms with van der Waals surface area (Å²) in [6.07, 6.45) is 0.550. The molecule has 0 atom stereocenters. The molecule has 2 aromatic carbocycles. The monoisotopic (exact) mass is 481 g/mol. The first kappa shape index (κ1) is 25.3. The summed E-state index contributed by atoms with van der Waals surface area (Å²) >= 11 is 0. The highest BCUT2D eigenvalue weighted by molar-refractivity contribution is 5.90. The number of methoxy groups -OCH3 is 2. The average Bonchev–Trinajstić information content (AvgIpc) is 2.88. The number of carbonyl (C=O) groups is 2. The van der Waals surface area contributed by atoms with Gasteiger partial charge in [0.25, 0.3) is 11.5 Å². The molecule has 0 saturated heterocycles. The number of rotatable bonds is 11. The summed E-state index contributed by atoms with van der Waals surface area (Å²) in [5.41, 5.74) is 0.700. The quantitative estimate of drug-likeness (QED) is 0.414. The predicted molar refractivity (Wildman–Crippen MR) is 128 cm³/mol. The molecule has 0 bridgehead atoms. The van der Waals surface area contributed by atoms with Gasteiger partial charge in [0.05, 0.1) is 32.6 Å². The number of nitrogens with one attached hydrogen (secondary N) is 1. The third kappa shape index (κ3) is 6.59. The summed E-state index contributed by atoms with van der Waals surface area (Å²) in [6.45, 7) is 1.70. The number of carbonyl (C=O) groups excluding carboxylic acids is 2. The summed E-state index contributed by atoms with van der Waals surface area (Å²) in [5.74, 6) is -0.0954.